The number of carbonyl (C=O) groups excluding carboxylic acids is 1. The molecule has 2 aromatic rings. The first-order chi connectivity index (χ1) is 9.49. The number of aromatic nitrogens is 2. The van der Waals surface area contributed by atoms with Crippen molar-refractivity contribution in [3.63, 3.8) is 0 Å². The number of aryl methyl sites for hydroxylation is 1. The van der Waals surface area contributed by atoms with Crippen LogP contribution in [-0.2, 0) is 6.54 Å². The third-order valence-corrected chi connectivity index (χ3v) is 3.68. The number of thiazole rings is 1. The van der Waals surface area contributed by atoms with Gasteiger partial charge in [0.1, 0.15) is 11.4 Å². The monoisotopic (exact) mass is 291 g/mol. The lowest BCUT2D eigenvalue weighted by atomic mass is 10.2. The van der Waals surface area contributed by atoms with Crippen molar-refractivity contribution in [2.75, 3.05) is 7.05 Å². The number of carboxylic acid groups (broad SMARTS) is 1. The molecular weight excluding hydrogens is 278 g/mol. The Bertz CT molecular complexity index is 654. The van der Waals surface area contributed by atoms with Gasteiger partial charge in [0.15, 0.2) is 0 Å². The van der Waals surface area contributed by atoms with Crippen LogP contribution in [0.15, 0.2) is 23.7 Å². The van der Waals surface area contributed by atoms with E-state index in [0.29, 0.717) is 6.54 Å². The molecule has 0 saturated carbocycles. The molecule has 20 heavy (non-hydrogen) atoms. The second-order valence-corrected chi connectivity index (χ2v) is 5.17. The van der Waals surface area contributed by atoms with Crippen LogP contribution in [0.25, 0.3) is 0 Å². The maximum Gasteiger partial charge on any atom is 0.354 e. The number of aromatic carboxylic acids is 1. The molecule has 0 saturated heterocycles. The number of rotatable bonds is 4. The molecular formula is C13H13N3O3S. The summed E-state index contributed by atoms with van der Waals surface area (Å²) in [4.78, 5) is 33.5. The standard InChI is InChI=1S/C13H13N3O3S/c1-8-11(20-7-14-8)6-16(2)12(17)9-4-3-5-10(15-9)13(18)19/h3-5,7H,6H2,1-2H3,(H,18,19). The molecule has 2 heterocycles. The third kappa shape index (κ3) is 3.00. The lowest BCUT2D eigenvalue weighted by molar-refractivity contribution is 0.0690. The van der Waals surface area contributed by atoms with Crippen molar-refractivity contribution in [3.05, 3.63) is 45.7 Å². The molecule has 0 spiro atoms. The molecule has 6 nitrogen and oxygen atoms in total. The van der Waals surface area contributed by atoms with E-state index in [1.54, 1.807) is 12.6 Å². The van der Waals surface area contributed by atoms with Crippen LogP contribution < -0.4 is 0 Å². The Morgan fingerprint density at radius 2 is 2.05 bits per heavy atom. The van der Waals surface area contributed by atoms with Gasteiger partial charge in [-0.1, -0.05) is 6.07 Å². The Balaban J connectivity index is 2.16. The predicted octanol–water partition coefficient (Wildman–Crippen LogP) is 1.82. The minimum absolute atomic E-state index is 0.120. The van der Waals surface area contributed by atoms with E-state index in [1.807, 2.05) is 6.92 Å². The van der Waals surface area contributed by atoms with Gasteiger partial charge in [0.25, 0.3) is 5.91 Å². The Kier molecular flexibility index (Phi) is 4.09. The van der Waals surface area contributed by atoms with Crippen LogP contribution in [0, 0.1) is 6.92 Å². The normalized spacial score (nSPS) is 10.3. The van der Waals surface area contributed by atoms with Crippen molar-refractivity contribution in [3.8, 4) is 0 Å². The predicted molar refractivity (Wildman–Crippen MR) is 73.8 cm³/mol. The molecule has 0 radical (unpaired) electrons. The van der Waals surface area contributed by atoms with Crippen LogP contribution in [0.2, 0.25) is 0 Å². The van der Waals surface area contributed by atoms with Gasteiger partial charge in [-0.15, -0.1) is 11.3 Å². The van der Waals surface area contributed by atoms with E-state index in [1.165, 1.54) is 34.4 Å². The van der Waals surface area contributed by atoms with Gasteiger partial charge in [-0.3, -0.25) is 4.79 Å². The molecule has 1 amide bonds. The number of nitrogens with zero attached hydrogens (tertiary/aromatic N) is 3. The topological polar surface area (TPSA) is 83.4 Å². The molecule has 2 aromatic heterocycles. The first kappa shape index (κ1) is 14.1. The molecule has 0 bridgehead atoms. The molecule has 0 fully saturated rings. The van der Waals surface area contributed by atoms with Gasteiger partial charge in [0.05, 0.1) is 17.7 Å². The van der Waals surface area contributed by atoms with E-state index in [-0.39, 0.29) is 17.3 Å². The largest absolute Gasteiger partial charge is 0.477 e. The van der Waals surface area contributed by atoms with E-state index in [0.717, 1.165) is 10.6 Å². The fourth-order valence-electron chi connectivity index (χ4n) is 1.63. The molecule has 0 aliphatic heterocycles. The fraction of sp³-hybridized carbons (Fsp3) is 0.231. The van der Waals surface area contributed by atoms with Crippen molar-refractivity contribution in [1.29, 1.82) is 0 Å². The van der Waals surface area contributed by atoms with Crippen LogP contribution in [0.5, 0.6) is 0 Å². The summed E-state index contributed by atoms with van der Waals surface area (Å²) < 4.78 is 0. The van der Waals surface area contributed by atoms with Crippen molar-refractivity contribution in [2.24, 2.45) is 0 Å². The molecule has 0 aromatic carbocycles. The number of hydrogen-bond acceptors (Lipinski definition) is 5. The Labute approximate surface area is 119 Å². The van der Waals surface area contributed by atoms with Gasteiger partial charge in [0.2, 0.25) is 0 Å². The minimum atomic E-state index is -1.15. The lowest BCUT2D eigenvalue weighted by Gasteiger charge is -2.16. The fourth-order valence-corrected chi connectivity index (χ4v) is 2.46. The second-order valence-electron chi connectivity index (χ2n) is 4.24. The highest BCUT2D eigenvalue weighted by atomic mass is 32.1. The summed E-state index contributed by atoms with van der Waals surface area (Å²) in [6, 6.07) is 4.37. The van der Waals surface area contributed by atoms with E-state index in [9.17, 15) is 9.59 Å². The van der Waals surface area contributed by atoms with E-state index < -0.39 is 5.97 Å². The quantitative estimate of drug-likeness (QED) is 0.929. The van der Waals surface area contributed by atoms with Crippen molar-refractivity contribution >= 4 is 23.2 Å². The van der Waals surface area contributed by atoms with Crippen LogP contribution in [0.3, 0.4) is 0 Å². The zero-order chi connectivity index (χ0) is 14.7. The molecule has 104 valence electrons. The first-order valence-corrected chi connectivity index (χ1v) is 6.71. The number of hydrogen-bond donors (Lipinski definition) is 1. The highest BCUT2D eigenvalue weighted by molar-refractivity contribution is 7.09. The van der Waals surface area contributed by atoms with Crippen LogP contribution in [0.1, 0.15) is 31.5 Å². The van der Waals surface area contributed by atoms with Gasteiger partial charge >= 0.3 is 5.97 Å². The Morgan fingerprint density at radius 3 is 2.65 bits per heavy atom. The van der Waals surface area contributed by atoms with E-state index in [4.69, 9.17) is 5.11 Å². The molecule has 0 atom stereocenters. The zero-order valence-corrected chi connectivity index (χ0v) is 11.8. The molecule has 0 aliphatic rings. The zero-order valence-electron chi connectivity index (χ0n) is 11.0. The Hall–Kier alpha value is -2.28. The number of amides is 1. The van der Waals surface area contributed by atoms with Crippen molar-refractivity contribution < 1.29 is 14.7 Å². The average Bonchev–Trinajstić information content (AvgIpc) is 2.83. The Morgan fingerprint density at radius 1 is 1.35 bits per heavy atom. The van der Waals surface area contributed by atoms with Crippen molar-refractivity contribution in [2.45, 2.75) is 13.5 Å². The number of carbonyl (C=O) groups is 2. The van der Waals surface area contributed by atoms with E-state index >= 15 is 0 Å². The van der Waals surface area contributed by atoms with E-state index in [2.05, 4.69) is 9.97 Å². The molecule has 0 aliphatic carbocycles. The smallest absolute Gasteiger partial charge is 0.354 e. The summed E-state index contributed by atoms with van der Waals surface area (Å²) in [5.74, 6) is -1.47. The van der Waals surface area contributed by atoms with Crippen LogP contribution in [-0.4, -0.2) is 38.9 Å². The summed E-state index contributed by atoms with van der Waals surface area (Å²) >= 11 is 1.48. The minimum Gasteiger partial charge on any atom is -0.477 e. The highest BCUT2D eigenvalue weighted by Crippen LogP contribution is 2.15. The summed E-state index contributed by atoms with van der Waals surface area (Å²) in [7, 11) is 1.65. The summed E-state index contributed by atoms with van der Waals surface area (Å²) in [5, 5.41) is 8.88. The van der Waals surface area contributed by atoms with Gasteiger partial charge in [-0.05, 0) is 19.1 Å². The molecule has 1 N–H and O–H groups in total. The lowest BCUT2D eigenvalue weighted by Crippen LogP contribution is -2.27. The first-order valence-electron chi connectivity index (χ1n) is 5.84. The molecule has 2 rings (SSSR count). The summed E-state index contributed by atoms with van der Waals surface area (Å²) in [5.41, 5.74) is 2.60. The maximum atomic E-state index is 12.2. The van der Waals surface area contributed by atoms with Gasteiger partial charge in [-0.2, -0.15) is 0 Å². The highest BCUT2D eigenvalue weighted by Gasteiger charge is 2.17. The van der Waals surface area contributed by atoms with Crippen molar-refractivity contribution in [1.82, 2.24) is 14.9 Å². The van der Waals surface area contributed by atoms with Gasteiger partial charge in [-0.25, -0.2) is 14.8 Å². The number of carboxylic acids is 1. The van der Waals surface area contributed by atoms with Crippen LogP contribution >= 0.6 is 11.3 Å². The molecule has 7 heteroatoms. The van der Waals surface area contributed by atoms with Gasteiger partial charge < -0.3 is 10.0 Å². The third-order valence-electron chi connectivity index (χ3n) is 2.76. The maximum absolute atomic E-state index is 12.2. The number of pyridine rings is 1. The summed E-state index contributed by atoms with van der Waals surface area (Å²) in [6.07, 6.45) is 0. The summed E-state index contributed by atoms with van der Waals surface area (Å²) in [6.45, 7) is 2.31. The molecule has 0 unspecified atom stereocenters. The SMILES string of the molecule is Cc1ncsc1CN(C)C(=O)c1cccc(C(=O)O)n1. The van der Waals surface area contributed by atoms with Gasteiger partial charge in [0, 0.05) is 11.9 Å². The van der Waals surface area contributed by atoms with Crippen LogP contribution in [0.4, 0.5) is 0 Å². The average molecular weight is 291 g/mol. The second kappa shape index (κ2) is 5.79.